The molecule has 0 N–H and O–H groups in total. The van der Waals surface area contributed by atoms with Gasteiger partial charge in [-0.25, -0.2) is 0 Å². The highest BCUT2D eigenvalue weighted by atomic mass is 19.4. The molecule has 2 nitrogen and oxygen atoms in total. The van der Waals surface area contributed by atoms with Crippen molar-refractivity contribution >= 4 is 5.97 Å². The zero-order chi connectivity index (χ0) is 22.8. The molecule has 0 radical (unpaired) electrons. The van der Waals surface area contributed by atoms with Crippen LogP contribution in [-0.2, 0) is 9.53 Å². The van der Waals surface area contributed by atoms with E-state index in [0.29, 0.717) is 6.42 Å². The van der Waals surface area contributed by atoms with Gasteiger partial charge in [0.25, 0.3) is 0 Å². The van der Waals surface area contributed by atoms with Gasteiger partial charge >= 0.3 is 41.8 Å². The fourth-order valence-electron chi connectivity index (χ4n) is 1.62. The Morgan fingerprint density at radius 3 is 1.54 bits per heavy atom. The lowest BCUT2D eigenvalue weighted by atomic mass is 9.92. The molecule has 168 valence electrons. The van der Waals surface area contributed by atoms with Crippen molar-refractivity contribution in [3.63, 3.8) is 0 Å². The molecule has 0 rings (SSSR count). The molecule has 28 heavy (non-hydrogen) atoms. The molecule has 0 aromatic rings. The third-order valence-corrected chi connectivity index (χ3v) is 3.40. The highest BCUT2D eigenvalue weighted by molar-refractivity contribution is 5.69. The van der Waals surface area contributed by atoms with Gasteiger partial charge in [0, 0.05) is 6.42 Å². The van der Waals surface area contributed by atoms with E-state index in [9.17, 15) is 61.9 Å². The summed E-state index contributed by atoms with van der Waals surface area (Å²) in [4.78, 5) is 11.0. The normalized spacial score (nSPS) is 14.9. The van der Waals surface area contributed by atoms with Crippen LogP contribution in [0.4, 0.5) is 57.1 Å². The van der Waals surface area contributed by atoms with Crippen LogP contribution in [0, 0.1) is 0 Å². The minimum Gasteiger partial charge on any atom is -0.466 e. The van der Waals surface area contributed by atoms with E-state index < -0.39 is 54.6 Å². The van der Waals surface area contributed by atoms with E-state index in [1.165, 1.54) is 0 Å². The van der Waals surface area contributed by atoms with Crippen molar-refractivity contribution in [1.29, 1.82) is 0 Å². The number of unbranched alkanes of at least 4 members (excludes halogenated alkanes) is 1. The molecule has 0 amide bonds. The lowest BCUT2D eigenvalue weighted by molar-refractivity contribution is -0.440. The molecule has 0 aliphatic carbocycles. The number of rotatable bonds is 10. The second-order valence-electron chi connectivity index (χ2n) is 5.57. The molecule has 0 unspecified atom stereocenters. The zero-order valence-electron chi connectivity index (χ0n) is 13.8. The lowest BCUT2D eigenvalue weighted by Crippen LogP contribution is -2.70. The second-order valence-corrected chi connectivity index (χ2v) is 5.57. The van der Waals surface area contributed by atoms with Crippen LogP contribution in [0.15, 0.2) is 0 Å². The highest BCUT2D eigenvalue weighted by Gasteiger charge is 2.90. The van der Waals surface area contributed by atoms with E-state index in [1.807, 2.05) is 0 Å². The van der Waals surface area contributed by atoms with Crippen molar-refractivity contribution in [2.45, 2.75) is 68.4 Å². The van der Waals surface area contributed by atoms with Gasteiger partial charge in [0.15, 0.2) is 0 Å². The van der Waals surface area contributed by atoms with E-state index in [4.69, 9.17) is 0 Å². The zero-order valence-corrected chi connectivity index (χ0v) is 13.8. The molecule has 0 spiro atoms. The summed E-state index contributed by atoms with van der Waals surface area (Å²) in [6.45, 7) is 1.23. The van der Waals surface area contributed by atoms with Crippen molar-refractivity contribution in [2.75, 3.05) is 6.61 Å². The standard InChI is InChI=1S/C13H13F13O2/c1-2-3-6-28-7(27)4-5-8(14,15)9(16,17)10(18,19)11(20,21)12(22,23)13(24,25)26/h2-6H2,1H3. The van der Waals surface area contributed by atoms with Gasteiger partial charge in [0.05, 0.1) is 13.0 Å². The van der Waals surface area contributed by atoms with E-state index >= 15 is 0 Å². The molecular formula is C13H13F13O2. The van der Waals surface area contributed by atoms with Crippen LogP contribution in [-0.4, -0.2) is 48.4 Å². The molecule has 0 aromatic carbocycles. The van der Waals surface area contributed by atoms with Crippen LogP contribution in [0.1, 0.15) is 32.6 Å². The quantitative estimate of drug-likeness (QED) is 0.238. The number of hydrogen-bond acceptors (Lipinski definition) is 2. The molecule has 0 aliphatic heterocycles. The van der Waals surface area contributed by atoms with Gasteiger partial charge in [-0.05, 0) is 6.42 Å². The first-order valence-electron chi connectivity index (χ1n) is 7.32. The Hall–Kier alpha value is -1.44. The van der Waals surface area contributed by atoms with Gasteiger partial charge in [-0.3, -0.25) is 4.79 Å². The molecule has 0 aromatic heterocycles. The first-order valence-corrected chi connectivity index (χ1v) is 7.32. The summed E-state index contributed by atoms with van der Waals surface area (Å²) in [5.74, 6) is -38.8. The Morgan fingerprint density at radius 1 is 0.714 bits per heavy atom. The SMILES string of the molecule is CCCCOC(=O)CCC(F)(F)C(F)(F)C(F)(F)C(F)(F)C(F)(F)C(F)(F)F. The number of carbonyl (C=O) groups excluding carboxylic acids is 1. The number of hydrogen-bond donors (Lipinski definition) is 0. The minimum atomic E-state index is -7.94. The summed E-state index contributed by atoms with van der Waals surface area (Å²) < 4.78 is 171. The van der Waals surface area contributed by atoms with Crippen molar-refractivity contribution in [3.8, 4) is 0 Å². The van der Waals surface area contributed by atoms with Gasteiger partial charge in [-0.2, -0.15) is 57.1 Å². The summed E-state index contributed by atoms with van der Waals surface area (Å²) >= 11 is 0. The van der Waals surface area contributed by atoms with Crippen molar-refractivity contribution in [2.24, 2.45) is 0 Å². The maximum absolute atomic E-state index is 13.4. The molecule has 0 heterocycles. The number of esters is 1. The van der Waals surface area contributed by atoms with Crippen LogP contribution in [0.3, 0.4) is 0 Å². The van der Waals surface area contributed by atoms with Crippen LogP contribution in [0.25, 0.3) is 0 Å². The third-order valence-electron chi connectivity index (χ3n) is 3.40. The van der Waals surface area contributed by atoms with Crippen LogP contribution in [0.2, 0.25) is 0 Å². The largest absolute Gasteiger partial charge is 0.466 e. The Bertz CT molecular complexity index is 539. The Labute approximate surface area is 149 Å². The molecule has 0 aliphatic rings. The van der Waals surface area contributed by atoms with Crippen molar-refractivity contribution in [1.82, 2.24) is 0 Å². The smallest absolute Gasteiger partial charge is 0.460 e. The first-order chi connectivity index (χ1) is 12.2. The number of carbonyl (C=O) groups is 1. The van der Waals surface area contributed by atoms with E-state index in [-0.39, 0.29) is 13.0 Å². The predicted octanol–water partition coefficient (Wildman–Crippen LogP) is 5.85. The monoisotopic (exact) mass is 448 g/mol. The molecule has 0 saturated heterocycles. The number of ether oxygens (including phenoxy) is 1. The molecule has 0 fully saturated rings. The summed E-state index contributed by atoms with van der Waals surface area (Å²) in [5.41, 5.74) is 0. The summed E-state index contributed by atoms with van der Waals surface area (Å²) in [5, 5.41) is 0. The predicted molar refractivity (Wildman–Crippen MR) is 65.9 cm³/mol. The molecular weight excluding hydrogens is 435 g/mol. The van der Waals surface area contributed by atoms with Gasteiger partial charge in [0.1, 0.15) is 0 Å². The Morgan fingerprint density at radius 2 is 1.14 bits per heavy atom. The first kappa shape index (κ1) is 26.6. The number of alkyl halides is 13. The van der Waals surface area contributed by atoms with Gasteiger partial charge in [0.2, 0.25) is 0 Å². The van der Waals surface area contributed by atoms with Crippen LogP contribution in [0.5, 0.6) is 0 Å². The van der Waals surface area contributed by atoms with Crippen LogP contribution >= 0.6 is 0 Å². The summed E-state index contributed by atoms with van der Waals surface area (Å²) in [7, 11) is 0. The summed E-state index contributed by atoms with van der Waals surface area (Å²) in [6.07, 6.45) is -11.1. The van der Waals surface area contributed by atoms with Gasteiger partial charge in [-0.1, -0.05) is 13.3 Å². The molecule has 0 saturated carbocycles. The lowest BCUT2D eigenvalue weighted by Gasteiger charge is -2.39. The average Bonchev–Trinajstić information content (AvgIpc) is 2.51. The van der Waals surface area contributed by atoms with Gasteiger partial charge in [-0.15, -0.1) is 0 Å². The Kier molecular flexibility index (Phi) is 7.71. The molecule has 0 bridgehead atoms. The fraction of sp³-hybridized carbons (Fsp3) is 0.923. The maximum atomic E-state index is 13.4. The van der Waals surface area contributed by atoms with Gasteiger partial charge < -0.3 is 4.74 Å². The highest BCUT2D eigenvalue weighted by Crippen LogP contribution is 2.60. The van der Waals surface area contributed by atoms with Crippen LogP contribution < -0.4 is 0 Å². The molecule has 0 atom stereocenters. The van der Waals surface area contributed by atoms with E-state index in [1.54, 1.807) is 6.92 Å². The van der Waals surface area contributed by atoms with Crippen molar-refractivity contribution in [3.05, 3.63) is 0 Å². The minimum absolute atomic E-state index is 0.203. The van der Waals surface area contributed by atoms with Crippen molar-refractivity contribution < 1.29 is 66.6 Å². The molecule has 15 heteroatoms. The van der Waals surface area contributed by atoms with E-state index in [0.717, 1.165) is 0 Å². The Balaban J connectivity index is 5.65. The topological polar surface area (TPSA) is 26.3 Å². The number of halogens is 13. The third kappa shape index (κ3) is 4.58. The fourth-order valence-corrected chi connectivity index (χ4v) is 1.62. The second kappa shape index (κ2) is 8.13. The average molecular weight is 448 g/mol. The van der Waals surface area contributed by atoms with E-state index in [2.05, 4.69) is 4.74 Å². The maximum Gasteiger partial charge on any atom is 0.460 e. The summed E-state index contributed by atoms with van der Waals surface area (Å²) in [6, 6.07) is 0.